The molecule has 2 aliphatic heterocycles. The zero-order valence-electron chi connectivity index (χ0n) is 15.8. The lowest BCUT2D eigenvalue weighted by Crippen LogP contribution is -2.45. The highest BCUT2D eigenvalue weighted by molar-refractivity contribution is 5.79. The van der Waals surface area contributed by atoms with Gasteiger partial charge in [0.1, 0.15) is 11.4 Å². The van der Waals surface area contributed by atoms with Crippen LogP contribution in [0.3, 0.4) is 0 Å². The Morgan fingerprint density at radius 2 is 1.85 bits per heavy atom. The third kappa shape index (κ3) is 4.48. The number of nitrogens with one attached hydrogen (secondary N) is 1. The molecule has 1 N–H and O–H groups in total. The molecule has 0 aromatic heterocycles. The van der Waals surface area contributed by atoms with E-state index in [-0.39, 0.29) is 24.0 Å². The molecule has 0 spiro atoms. The fraction of sp³-hybridized carbons (Fsp3) is 0.600. The van der Waals surface area contributed by atoms with Crippen LogP contribution in [0.5, 0.6) is 5.75 Å². The third-order valence-electron chi connectivity index (χ3n) is 4.79. The molecule has 1 aromatic carbocycles. The van der Waals surface area contributed by atoms with Gasteiger partial charge >= 0.3 is 6.09 Å². The van der Waals surface area contributed by atoms with Crippen molar-refractivity contribution in [2.24, 2.45) is 5.92 Å². The molecule has 0 bridgehead atoms. The largest absolute Gasteiger partial charge is 0.493 e. The summed E-state index contributed by atoms with van der Waals surface area (Å²) in [5, 5.41) is 3.17. The summed E-state index contributed by atoms with van der Waals surface area (Å²) in [7, 11) is 0. The normalized spacial score (nSPS) is 20.7. The summed E-state index contributed by atoms with van der Waals surface area (Å²) in [6.07, 6.45) is 1.81. The van der Waals surface area contributed by atoms with Gasteiger partial charge in [0.05, 0.1) is 12.6 Å². The van der Waals surface area contributed by atoms with Gasteiger partial charge in [-0.3, -0.25) is 4.79 Å². The van der Waals surface area contributed by atoms with Gasteiger partial charge in [0.25, 0.3) is 0 Å². The predicted octanol–water partition coefficient (Wildman–Crippen LogP) is 3.27. The molecule has 0 aliphatic carbocycles. The van der Waals surface area contributed by atoms with Gasteiger partial charge in [-0.25, -0.2) is 4.79 Å². The van der Waals surface area contributed by atoms with Gasteiger partial charge in [0.2, 0.25) is 5.91 Å². The average Bonchev–Trinajstić information content (AvgIpc) is 2.61. The Bertz CT molecular complexity index is 660. The fourth-order valence-corrected chi connectivity index (χ4v) is 3.43. The molecule has 6 heteroatoms. The molecule has 6 nitrogen and oxygen atoms in total. The maximum absolute atomic E-state index is 12.7. The summed E-state index contributed by atoms with van der Waals surface area (Å²) < 4.78 is 11.1. The van der Waals surface area contributed by atoms with Crippen molar-refractivity contribution in [2.45, 2.75) is 51.7 Å². The number of ether oxygens (including phenoxy) is 2. The van der Waals surface area contributed by atoms with E-state index in [0.29, 0.717) is 32.5 Å². The first-order valence-corrected chi connectivity index (χ1v) is 9.33. The molecule has 2 amide bonds. The number of likely N-dealkylation sites (tertiary alicyclic amines) is 1. The number of amides is 2. The molecule has 2 heterocycles. The van der Waals surface area contributed by atoms with Crippen LogP contribution in [0.4, 0.5) is 4.79 Å². The second kappa shape index (κ2) is 7.56. The molecule has 0 saturated carbocycles. The van der Waals surface area contributed by atoms with Crippen molar-refractivity contribution in [3.05, 3.63) is 29.8 Å². The monoisotopic (exact) mass is 360 g/mol. The fourth-order valence-electron chi connectivity index (χ4n) is 3.43. The van der Waals surface area contributed by atoms with Crippen molar-refractivity contribution in [1.82, 2.24) is 10.2 Å². The van der Waals surface area contributed by atoms with E-state index in [4.69, 9.17) is 9.47 Å². The van der Waals surface area contributed by atoms with E-state index in [1.165, 1.54) is 0 Å². The van der Waals surface area contributed by atoms with E-state index in [1.54, 1.807) is 4.90 Å². The first-order chi connectivity index (χ1) is 12.3. The predicted molar refractivity (Wildman–Crippen MR) is 98.0 cm³/mol. The number of fused-ring (bicyclic) bond motifs is 1. The number of para-hydroxylation sites is 1. The molecule has 0 radical (unpaired) electrons. The quantitative estimate of drug-likeness (QED) is 0.879. The van der Waals surface area contributed by atoms with Gasteiger partial charge in [0.15, 0.2) is 0 Å². The minimum atomic E-state index is -0.498. The van der Waals surface area contributed by atoms with Crippen molar-refractivity contribution < 1.29 is 19.1 Å². The second-order valence-corrected chi connectivity index (χ2v) is 7.98. The Morgan fingerprint density at radius 1 is 1.15 bits per heavy atom. The van der Waals surface area contributed by atoms with Crippen LogP contribution in [0, 0.1) is 5.92 Å². The lowest BCUT2D eigenvalue weighted by molar-refractivity contribution is -0.127. The molecule has 3 rings (SSSR count). The average molecular weight is 360 g/mol. The summed E-state index contributed by atoms with van der Waals surface area (Å²) in [6, 6.07) is 7.84. The van der Waals surface area contributed by atoms with Crippen LogP contribution in [0.2, 0.25) is 0 Å². The molecule has 1 aromatic rings. The van der Waals surface area contributed by atoms with Crippen molar-refractivity contribution in [2.75, 3.05) is 19.7 Å². The van der Waals surface area contributed by atoms with Crippen molar-refractivity contribution in [3.8, 4) is 5.75 Å². The van der Waals surface area contributed by atoms with E-state index >= 15 is 0 Å². The van der Waals surface area contributed by atoms with Gasteiger partial charge in [-0.1, -0.05) is 18.2 Å². The third-order valence-corrected chi connectivity index (χ3v) is 4.79. The smallest absolute Gasteiger partial charge is 0.410 e. The summed E-state index contributed by atoms with van der Waals surface area (Å²) in [4.78, 5) is 26.5. The molecule has 1 fully saturated rings. The van der Waals surface area contributed by atoms with Crippen molar-refractivity contribution in [1.29, 1.82) is 0 Å². The van der Waals surface area contributed by atoms with Crippen LogP contribution in [-0.4, -0.2) is 42.2 Å². The highest BCUT2D eigenvalue weighted by Gasteiger charge is 2.31. The van der Waals surface area contributed by atoms with E-state index in [9.17, 15) is 9.59 Å². The van der Waals surface area contributed by atoms with Crippen LogP contribution >= 0.6 is 0 Å². The van der Waals surface area contributed by atoms with Crippen LogP contribution in [0.25, 0.3) is 0 Å². The Labute approximate surface area is 154 Å². The first-order valence-electron chi connectivity index (χ1n) is 9.33. The van der Waals surface area contributed by atoms with Gasteiger partial charge in [-0.2, -0.15) is 0 Å². The molecule has 2 aliphatic rings. The highest BCUT2D eigenvalue weighted by Crippen LogP contribution is 2.32. The number of carbonyl (C=O) groups excluding carboxylic acids is 2. The van der Waals surface area contributed by atoms with E-state index in [1.807, 2.05) is 45.0 Å². The summed E-state index contributed by atoms with van der Waals surface area (Å²) in [5.41, 5.74) is 0.542. The van der Waals surface area contributed by atoms with Gasteiger partial charge in [0, 0.05) is 31.0 Å². The van der Waals surface area contributed by atoms with Crippen LogP contribution in [0.1, 0.15) is 51.6 Å². The van der Waals surface area contributed by atoms with Crippen LogP contribution in [-0.2, 0) is 9.53 Å². The Balaban J connectivity index is 1.53. The van der Waals surface area contributed by atoms with E-state index in [0.717, 1.165) is 17.7 Å². The Kier molecular flexibility index (Phi) is 5.39. The summed E-state index contributed by atoms with van der Waals surface area (Å²) >= 11 is 0. The number of rotatable bonds is 2. The zero-order chi connectivity index (χ0) is 18.7. The molecule has 142 valence electrons. The maximum Gasteiger partial charge on any atom is 0.410 e. The molecular formula is C20H28N2O4. The minimum Gasteiger partial charge on any atom is -0.493 e. The molecule has 26 heavy (non-hydrogen) atoms. The lowest BCUT2D eigenvalue weighted by Gasteiger charge is -2.34. The zero-order valence-corrected chi connectivity index (χ0v) is 15.8. The standard InChI is InChI=1S/C20H28N2O4/c1-20(2,3)26-19(24)22-11-8-14(9-12-22)18(23)21-16-10-13-25-17-7-5-4-6-15(16)17/h4-7,14,16H,8-13H2,1-3H3,(H,21,23)/t16-/m1/s1. The van der Waals surface area contributed by atoms with Gasteiger partial charge < -0.3 is 19.7 Å². The van der Waals surface area contributed by atoms with Crippen LogP contribution < -0.4 is 10.1 Å². The number of hydrogen-bond donors (Lipinski definition) is 1. The molecular weight excluding hydrogens is 332 g/mol. The number of hydrogen-bond acceptors (Lipinski definition) is 4. The van der Waals surface area contributed by atoms with E-state index < -0.39 is 5.60 Å². The second-order valence-electron chi connectivity index (χ2n) is 7.98. The van der Waals surface area contributed by atoms with Crippen molar-refractivity contribution in [3.63, 3.8) is 0 Å². The first kappa shape index (κ1) is 18.5. The topological polar surface area (TPSA) is 67.9 Å². The summed E-state index contributed by atoms with van der Waals surface area (Å²) in [6.45, 7) is 7.29. The van der Waals surface area contributed by atoms with Crippen LogP contribution in [0.15, 0.2) is 24.3 Å². The Morgan fingerprint density at radius 3 is 2.54 bits per heavy atom. The molecule has 0 unspecified atom stereocenters. The summed E-state index contributed by atoms with van der Waals surface area (Å²) in [5.74, 6) is 0.850. The van der Waals surface area contributed by atoms with Crippen molar-refractivity contribution >= 4 is 12.0 Å². The molecule has 1 saturated heterocycles. The Hall–Kier alpha value is -2.24. The number of benzene rings is 1. The van der Waals surface area contributed by atoms with Gasteiger partial charge in [-0.15, -0.1) is 0 Å². The maximum atomic E-state index is 12.7. The van der Waals surface area contributed by atoms with E-state index in [2.05, 4.69) is 5.32 Å². The SMILES string of the molecule is CC(C)(C)OC(=O)N1CCC(C(=O)N[C@@H]2CCOc3ccccc32)CC1. The highest BCUT2D eigenvalue weighted by atomic mass is 16.6. The number of piperidine rings is 1. The minimum absolute atomic E-state index is 0.00339. The number of nitrogens with zero attached hydrogens (tertiary/aromatic N) is 1. The lowest BCUT2D eigenvalue weighted by atomic mass is 9.94. The van der Waals surface area contributed by atoms with Gasteiger partial charge in [-0.05, 0) is 39.7 Å². The molecule has 1 atom stereocenters. The number of carbonyl (C=O) groups is 2.